The molecule has 0 aromatic carbocycles. The second-order valence-electron chi connectivity index (χ2n) is 4.94. The van der Waals surface area contributed by atoms with Gasteiger partial charge in [0.1, 0.15) is 0 Å². The molecule has 1 heterocycles. The molecule has 96 valence electrons. The molecule has 0 atom stereocenters. The van der Waals surface area contributed by atoms with Crippen molar-refractivity contribution < 1.29 is 4.52 Å². The molecule has 1 fully saturated rings. The summed E-state index contributed by atoms with van der Waals surface area (Å²) in [4.78, 5) is 4.53. The lowest BCUT2D eigenvalue weighted by molar-refractivity contribution is 0.360. The van der Waals surface area contributed by atoms with Gasteiger partial charge in [-0.25, -0.2) is 0 Å². The zero-order chi connectivity index (χ0) is 11.9. The monoisotopic (exact) mass is 237 g/mol. The van der Waals surface area contributed by atoms with Crippen molar-refractivity contribution in [3.8, 4) is 0 Å². The first-order valence-electron chi connectivity index (χ1n) is 6.87. The molecule has 4 heteroatoms. The molecule has 1 aliphatic rings. The normalized spacial score (nSPS) is 18.9. The fraction of sp³-hybridized carbons (Fsp3) is 0.846. The fourth-order valence-electron chi connectivity index (χ4n) is 2.48. The van der Waals surface area contributed by atoms with Crippen LogP contribution in [0, 0.1) is 0 Å². The third-order valence-electron chi connectivity index (χ3n) is 3.54. The van der Waals surface area contributed by atoms with E-state index < -0.39 is 0 Å². The Hall–Kier alpha value is -0.900. The Kier molecular flexibility index (Phi) is 4.98. The summed E-state index contributed by atoms with van der Waals surface area (Å²) < 4.78 is 5.29. The van der Waals surface area contributed by atoms with Crippen molar-refractivity contribution in [1.29, 1.82) is 0 Å². The van der Waals surface area contributed by atoms with Gasteiger partial charge in [-0.05, 0) is 19.9 Å². The van der Waals surface area contributed by atoms with Gasteiger partial charge < -0.3 is 9.84 Å². The van der Waals surface area contributed by atoms with Crippen LogP contribution in [0.4, 0.5) is 0 Å². The van der Waals surface area contributed by atoms with E-state index in [2.05, 4.69) is 15.5 Å². The topological polar surface area (TPSA) is 51.0 Å². The van der Waals surface area contributed by atoms with Crippen LogP contribution in [-0.2, 0) is 6.42 Å². The number of likely N-dealkylation sites (N-methyl/N-ethyl adjacent to an activating group) is 1. The van der Waals surface area contributed by atoms with Crippen molar-refractivity contribution >= 4 is 0 Å². The van der Waals surface area contributed by atoms with Crippen LogP contribution in [-0.4, -0.2) is 23.7 Å². The van der Waals surface area contributed by atoms with Gasteiger partial charge in [-0.3, -0.25) is 0 Å². The van der Waals surface area contributed by atoms with Crippen molar-refractivity contribution in [3.63, 3.8) is 0 Å². The van der Waals surface area contributed by atoms with Crippen LogP contribution in [0.5, 0.6) is 0 Å². The zero-order valence-corrected chi connectivity index (χ0v) is 10.7. The highest BCUT2D eigenvalue weighted by Gasteiger charge is 2.19. The summed E-state index contributed by atoms with van der Waals surface area (Å²) in [7, 11) is 1.94. The van der Waals surface area contributed by atoms with Crippen molar-refractivity contribution in [3.05, 3.63) is 11.7 Å². The highest BCUT2D eigenvalue weighted by molar-refractivity contribution is 4.96. The molecule has 2 rings (SSSR count). The Balaban J connectivity index is 1.92. The zero-order valence-electron chi connectivity index (χ0n) is 10.7. The molecular weight excluding hydrogens is 214 g/mol. The van der Waals surface area contributed by atoms with Crippen LogP contribution < -0.4 is 5.32 Å². The number of nitrogens with one attached hydrogen (secondary N) is 1. The Morgan fingerprint density at radius 1 is 1.18 bits per heavy atom. The van der Waals surface area contributed by atoms with Gasteiger partial charge in [0, 0.05) is 18.9 Å². The van der Waals surface area contributed by atoms with Gasteiger partial charge in [0.05, 0.1) is 0 Å². The predicted molar refractivity (Wildman–Crippen MR) is 67.0 cm³/mol. The van der Waals surface area contributed by atoms with Gasteiger partial charge in [-0.15, -0.1) is 0 Å². The maximum atomic E-state index is 5.29. The average molecular weight is 237 g/mol. The first-order valence-corrected chi connectivity index (χ1v) is 6.87. The van der Waals surface area contributed by atoms with Gasteiger partial charge in [0.25, 0.3) is 0 Å². The summed E-state index contributed by atoms with van der Waals surface area (Å²) in [6.45, 7) is 0.895. The number of aromatic nitrogens is 2. The van der Waals surface area contributed by atoms with Gasteiger partial charge in [0.2, 0.25) is 5.89 Å². The number of nitrogens with zero attached hydrogens (tertiary/aromatic N) is 2. The van der Waals surface area contributed by atoms with Gasteiger partial charge in [-0.1, -0.05) is 37.3 Å². The van der Waals surface area contributed by atoms with E-state index in [0.717, 1.165) is 24.7 Å². The van der Waals surface area contributed by atoms with Crippen LogP contribution in [0.1, 0.15) is 62.6 Å². The smallest absolute Gasteiger partial charge is 0.227 e. The minimum absolute atomic E-state index is 0.530. The van der Waals surface area contributed by atoms with E-state index in [-0.39, 0.29) is 0 Å². The molecule has 1 saturated carbocycles. The fourth-order valence-corrected chi connectivity index (χ4v) is 2.48. The largest absolute Gasteiger partial charge is 0.339 e. The molecule has 0 amide bonds. The van der Waals surface area contributed by atoms with Crippen LogP contribution in [0.3, 0.4) is 0 Å². The van der Waals surface area contributed by atoms with Crippen molar-refractivity contribution in [1.82, 2.24) is 15.5 Å². The summed E-state index contributed by atoms with van der Waals surface area (Å²) in [5, 5.41) is 7.25. The Morgan fingerprint density at radius 2 is 1.88 bits per heavy atom. The molecule has 4 nitrogen and oxygen atoms in total. The van der Waals surface area contributed by atoms with Crippen LogP contribution >= 0.6 is 0 Å². The lowest BCUT2D eigenvalue weighted by Gasteiger charge is -2.15. The second-order valence-corrected chi connectivity index (χ2v) is 4.94. The van der Waals surface area contributed by atoms with Crippen molar-refractivity contribution in [2.45, 2.75) is 57.3 Å². The highest BCUT2D eigenvalue weighted by Crippen LogP contribution is 2.29. The van der Waals surface area contributed by atoms with Crippen molar-refractivity contribution in [2.75, 3.05) is 13.6 Å². The summed E-state index contributed by atoms with van der Waals surface area (Å²) >= 11 is 0. The van der Waals surface area contributed by atoms with Gasteiger partial charge in [-0.2, -0.15) is 4.98 Å². The van der Waals surface area contributed by atoms with E-state index in [1.54, 1.807) is 0 Å². The Labute approximate surface area is 103 Å². The second kappa shape index (κ2) is 6.74. The van der Waals surface area contributed by atoms with E-state index in [1.807, 2.05) is 7.05 Å². The molecule has 0 radical (unpaired) electrons. The standard InChI is InChI=1S/C13H23N3O/c1-14-10-9-12-15-13(16-17-12)11-7-5-3-2-4-6-8-11/h11,14H,2-10H2,1H3. The Bertz CT molecular complexity index is 316. The first-order chi connectivity index (χ1) is 8.40. The lowest BCUT2D eigenvalue weighted by Crippen LogP contribution is -2.10. The van der Waals surface area contributed by atoms with E-state index in [9.17, 15) is 0 Å². The summed E-state index contributed by atoms with van der Waals surface area (Å²) in [5.41, 5.74) is 0. The van der Waals surface area contributed by atoms with E-state index in [0.29, 0.717) is 5.92 Å². The van der Waals surface area contributed by atoms with Gasteiger partial charge in [0.15, 0.2) is 5.82 Å². The van der Waals surface area contributed by atoms with E-state index >= 15 is 0 Å². The first kappa shape index (κ1) is 12.6. The van der Waals surface area contributed by atoms with E-state index in [4.69, 9.17) is 4.52 Å². The maximum Gasteiger partial charge on any atom is 0.227 e. The minimum atomic E-state index is 0.530. The third-order valence-corrected chi connectivity index (χ3v) is 3.54. The molecule has 0 spiro atoms. The third kappa shape index (κ3) is 3.80. The molecule has 0 unspecified atom stereocenters. The van der Waals surface area contributed by atoms with Crippen LogP contribution in [0.25, 0.3) is 0 Å². The molecule has 0 saturated heterocycles. The van der Waals surface area contributed by atoms with E-state index in [1.165, 1.54) is 44.9 Å². The van der Waals surface area contributed by atoms with Gasteiger partial charge >= 0.3 is 0 Å². The van der Waals surface area contributed by atoms with Crippen molar-refractivity contribution in [2.24, 2.45) is 0 Å². The maximum absolute atomic E-state index is 5.29. The average Bonchev–Trinajstić information content (AvgIpc) is 2.74. The molecule has 1 aromatic rings. The van der Waals surface area contributed by atoms with Crippen LogP contribution in [0.2, 0.25) is 0 Å². The molecule has 1 aromatic heterocycles. The highest BCUT2D eigenvalue weighted by atomic mass is 16.5. The Morgan fingerprint density at radius 3 is 2.59 bits per heavy atom. The summed E-state index contributed by atoms with van der Waals surface area (Å²) in [6, 6.07) is 0. The quantitative estimate of drug-likeness (QED) is 0.874. The molecule has 1 N–H and O–H groups in total. The molecule has 1 aliphatic carbocycles. The number of hydrogen-bond acceptors (Lipinski definition) is 4. The SMILES string of the molecule is CNCCc1nc(C2CCCCCCC2)no1. The number of hydrogen-bond donors (Lipinski definition) is 1. The molecule has 0 bridgehead atoms. The molecular formula is C13H23N3O. The van der Waals surface area contributed by atoms with Crippen LogP contribution in [0.15, 0.2) is 4.52 Å². The minimum Gasteiger partial charge on any atom is -0.339 e. The summed E-state index contributed by atoms with van der Waals surface area (Å²) in [6.07, 6.45) is 10.0. The molecule has 17 heavy (non-hydrogen) atoms. The lowest BCUT2D eigenvalue weighted by atomic mass is 9.91. The predicted octanol–water partition coefficient (Wildman–Crippen LogP) is 2.66. The number of rotatable bonds is 4. The molecule has 0 aliphatic heterocycles. The summed E-state index contributed by atoms with van der Waals surface area (Å²) in [5.74, 6) is 2.25.